The molecule has 8 amide bonds. The Bertz CT molecular complexity index is 2510. The third-order valence-electron chi connectivity index (χ3n) is 11.3. The largest absolute Gasteiger partial charge is 0.480 e. The molecule has 10 N–H and O–H groups in total. The van der Waals surface area contributed by atoms with Crippen LogP contribution in [0, 0.1) is 0 Å². The summed E-state index contributed by atoms with van der Waals surface area (Å²) in [5, 5.41) is 28.1. The molecule has 4 aromatic rings. The van der Waals surface area contributed by atoms with Crippen molar-refractivity contribution in [1.82, 2.24) is 61.6 Å². The van der Waals surface area contributed by atoms with Crippen LogP contribution in [0.1, 0.15) is 60.0 Å². The maximum absolute atomic E-state index is 13.6. The van der Waals surface area contributed by atoms with Crippen LogP contribution in [-0.4, -0.2) is 151 Å². The predicted molar refractivity (Wildman–Crippen MR) is 251 cm³/mol. The summed E-state index contributed by atoms with van der Waals surface area (Å²) in [5.74, 6) is -3.82. The number of fused-ring (bicyclic) bond motifs is 2. The summed E-state index contributed by atoms with van der Waals surface area (Å²) in [4.78, 5) is 127. The Labute approximate surface area is 400 Å². The van der Waals surface area contributed by atoms with Crippen LogP contribution < -0.4 is 43.0 Å². The summed E-state index contributed by atoms with van der Waals surface area (Å²) in [6, 6.07) is 14.3. The fourth-order valence-electron chi connectivity index (χ4n) is 7.74. The van der Waals surface area contributed by atoms with E-state index in [9.17, 15) is 43.2 Å². The quantitative estimate of drug-likeness (QED) is 0.0213. The summed E-state index contributed by atoms with van der Waals surface area (Å²) in [6.45, 7) is -2.20. The minimum absolute atomic E-state index is 0.00518. The first-order chi connectivity index (χ1) is 33.2. The summed E-state index contributed by atoms with van der Waals surface area (Å²) in [5.41, 5.74) is 7.92. The number of amides is 8. The normalized spacial score (nSPS) is 16.3. The molecule has 0 bridgehead atoms. The number of nitrogens with zero attached hydrogens (tertiary/aromatic N) is 5. The Balaban J connectivity index is 0.986. The van der Waals surface area contributed by atoms with Crippen LogP contribution in [0.3, 0.4) is 0 Å². The van der Waals surface area contributed by atoms with Crippen molar-refractivity contribution < 1.29 is 48.3 Å². The second-order valence-electron chi connectivity index (χ2n) is 16.4. The lowest BCUT2D eigenvalue weighted by atomic mass is 9.99. The number of hydrogen-bond donors (Lipinski definition) is 9. The highest BCUT2D eigenvalue weighted by molar-refractivity contribution is 8.00. The number of urea groups is 1. The third kappa shape index (κ3) is 15.2. The van der Waals surface area contributed by atoms with Crippen molar-refractivity contribution in [2.75, 3.05) is 50.8 Å². The number of aliphatic carboxylic acids is 1. The molecule has 69 heavy (non-hydrogen) atoms. The minimum Gasteiger partial charge on any atom is -0.480 e. The van der Waals surface area contributed by atoms with Gasteiger partial charge in [0, 0.05) is 61.0 Å². The molecular weight excluding hydrogens is 915 g/mol. The van der Waals surface area contributed by atoms with Crippen LogP contribution in [0.2, 0.25) is 0 Å². The first kappa shape index (κ1) is 50.8. The fraction of sp³-hybridized carbons (Fsp3) is 0.422. The zero-order valence-corrected chi connectivity index (χ0v) is 38.4. The number of anilines is 1. The molecule has 2 aliphatic rings. The third-order valence-corrected chi connectivity index (χ3v) is 12.8. The fourth-order valence-corrected chi connectivity index (χ4v) is 9.28. The zero-order valence-electron chi connectivity index (χ0n) is 37.6. The molecule has 6 rings (SSSR count). The van der Waals surface area contributed by atoms with Gasteiger partial charge in [-0.3, -0.25) is 38.4 Å². The molecule has 2 fully saturated rings. The average Bonchev–Trinajstić information content (AvgIpc) is 4.04. The first-order valence-corrected chi connectivity index (χ1v) is 23.4. The lowest BCUT2D eigenvalue weighted by Gasteiger charge is -2.23. The Hall–Kier alpha value is -7.63. The molecule has 0 aliphatic carbocycles. The van der Waals surface area contributed by atoms with Crippen LogP contribution in [-0.2, 0) is 46.5 Å². The van der Waals surface area contributed by atoms with Gasteiger partial charge in [-0.25, -0.2) is 19.7 Å². The number of carbonyl (C=O) groups is 9. The number of unbranched alkanes of at least 4 members (excludes halogenated alkanes) is 1. The molecule has 2 aromatic heterocycles. The summed E-state index contributed by atoms with van der Waals surface area (Å²) < 4.78 is 1.39. The van der Waals surface area contributed by atoms with E-state index in [0.29, 0.717) is 41.2 Å². The van der Waals surface area contributed by atoms with Gasteiger partial charge in [0.2, 0.25) is 35.4 Å². The number of hydrogen-bond acceptors (Lipinski definition) is 14. The highest BCUT2D eigenvalue weighted by atomic mass is 32.2. The molecule has 366 valence electrons. The average molecular weight is 970 g/mol. The lowest BCUT2D eigenvalue weighted by Crippen LogP contribution is -2.50. The van der Waals surface area contributed by atoms with Crippen LogP contribution in [0.15, 0.2) is 67.3 Å². The number of ketones is 1. The van der Waals surface area contributed by atoms with E-state index in [0.717, 1.165) is 23.5 Å². The number of nitrogen functional groups attached to an aromatic ring is 1. The van der Waals surface area contributed by atoms with Crippen LogP contribution in [0.5, 0.6) is 0 Å². The second kappa shape index (κ2) is 24.9. The van der Waals surface area contributed by atoms with Gasteiger partial charge in [-0.15, -0.1) is 0 Å². The van der Waals surface area contributed by atoms with E-state index in [4.69, 9.17) is 10.8 Å². The van der Waals surface area contributed by atoms with Gasteiger partial charge in [0.1, 0.15) is 31.0 Å². The SMILES string of the molecule is Nc1ncnc2c1ncn2CC(=O)N(CCNC(=O)CNC(=O)[C@H](Cc1ccc(C(=O)c2ccccc2)cc1)NC(=O)CCCNC(=O)CCCC[C@@H]1SC[C@@H]2NC(=O)N[C@@H]21)CC(=O)NCC(=O)O. The van der Waals surface area contributed by atoms with Gasteiger partial charge in [-0.1, -0.05) is 61.0 Å². The molecule has 4 atom stereocenters. The van der Waals surface area contributed by atoms with Crippen molar-refractivity contribution in [3.8, 4) is 0 Å². The standard InChI is InChI=1S/C45H55N13O10S/c46-42-40-43(52-25-51-42)58(26-53-40)23-37(63)57(22-36(62)49-21-38(64)65)18-17-48-35(61)20-50-44(67)30(19-27-12-14-29(15-13-27)41(66)28-7-2-1-3-8-28)54-34(60)11-6-16-47-33(59)10-5-4-9-32-39-31(24-69-32)55-45(68)56-39/h1-3,7-8,12-15,25-26,30-32,39H,4-6,9-11,16-24H2,(H,47,59)(H,48,61)(H,49,62)(H,50,67)(H,54,60)(H,64,65)(H2,46,51,52)(H2,55,56,68)/t30-,31-,32-,39-/m0/s1. The number of carboxylic acids is 1. The number of carboxylic acid groups (broad SMARTS) is 1. The summed E-state index contributed by atoms with van der Waals surface area (Å²) >= 11 is 1.82. The van der Waals surface area contributed by atoms with E-state index in [1.54, 1.807) is 54.6 Å². The van der Waals surface area contributed by atoms with Crippen LogP contribution >= 0.6 is 11.8 Å². The van der Waals surface area contributed by atoms with Crippen molar-refractivity contribution >= 4 is 82.0 Å². The number of nitrogens with two attached hydrogens (primary N) is 1. The van der Waals surface area contributed by atoms with E-state index in [1.165, 1.54) is 17.2 Å². The Morgan fingerprint density at radius 3 is 2.32 bits per heavy atom. The molecule has 0 radical (unpaired) electrons. The van der Waals surface area contributed by atoms with E-state index in [-0.39, 0.29) is 85.8 Å². The maximum Gasteiger partial charge on any atom is 0.322 e. The molecule has 2 aromatic carbocycles. The molecule has 2 aliphatic heterocycles. The van der Waals surface area contributed by atoms with Crippen molar-refractivity contribution in [2.45, 2.75) is 74.9 Å². The van der Waals surface area contributed by atoms with Crippen LogP contribution in [0.4, 0.5) is 10.6 Å². The monoisotopic (exact) mass is 969 g/mol. The summed E-state index contributed by atoms with van der Waals surface area (Å²) in [7, 11) is 0. The predicted octanol–water partition coefficient (Wildman–Crippen LogP) is -0.749. The number of imidazole rings is 1. The number of rotatable bonds is 26. The molecule has 23 nitrogen and oxygen atoms in total. The number of carbonyl (C=O) groups excluding carboxylic acids is 8. The summed E-state index contributed by atoms with van der Waals surface area (Å²) in [6.07, 6.45) is 5.54. The van der Waals surface area contributed by atoms with E-state index < -0.39 is 61.2 Å². The van der Waals surface area contributed by atoms with Gasteiger partial charge in [0.05, 0.1) is 31.5 Å². The topological polar surface area (TPSA) is 331 Å². The molecule has 0 unspecified atom stereocenters. The molecular formula is C45H55N13O10S. The Morgan fingerprint density at radius 2 is 1.55 bits per heavy atom. The number of aromatic nitrogens is 4. The van der Waals surface area contributed by atoms with Gasteiger partial charge in [0.25, 0.3) is 0 Å². The van der Waals surface area contributed by atoms with E-state index in [2.05, 4.69) is 52.2 Å². The highest BCUT2D eigenvalue weighted by Crippen LogP contribution is 2.33. The molecule has 4 heterocycles. The van der Waals surface area contributed by atoms with Crippen molar-refractivity contribution in [3.05, 3.63) is 83.9 Å². The van der Waals surface area contributed by atoms with E-state index in [1.807, 2.05) is 11.8 Å². The van der Waals surface area contributed by atoms with Crippen molar-refractivity contribution in [2.24, 2.45) is 0 Å². The minimum atomic E-state index is -1.29. The van der Waals surface area contributed by atoms with Crippen LogP contribution in [0.25, 0.3) is 11.2 Å². The van der Waals surface area contributed by atoms with Gasteiger partial charge < -0.3 is 57.5 Å². The molecule has 2 saturated heterocycles. The van der Waals surface area contributed by atoms with Crippen molar-refractivity contribution in [1.29, 1.82) is 0 Å². The molecule has 24 heteroatoms. The zero-order chi connectivity index (χ0) is 49.3. The lowest BCUT2D eigenvalue weighted by molar-refractivity contribution is -0.139. The number of benzene rings is 2. The van der Waals surface area contributed by atoms with Gasteiger partial charge in [-0.2, -0.15) is 11.8 Å². The van der Waals surface area contributed by atoms with Gasteiger partial charge >= 0.3 is 12.0 Å². The van der Waals surface area contributed by atoms with E-state index >= 15 is 0 Å². The second-order valence-corrected chi connectivity index (χ2v) is 17.7. The Kier molecular flexibility index (Phi) is 18.4. The number of thioether (sulfide) groups is 1. The Morgan fingerprint density at radius 1 is 0.812 bits per heavy atom. The number of nitrogens with one attached hydrogen (secondary N) is 7. The van der Waals surface area contributed by atoms with Crippen molar-refractivity contribution in [3.63, 3.8) is 0 Å². The maximum atomic E-state index is 13.6. The van der Waals surface area contributed by atoms with Gasteiger partial charge in [0.15, 0.2) is 17.2 Å². The molecule has 0 spiro atoms. The smallest absolute Gasteiger partial charge is 0.322 e. The first-order valence-electron chi connectivity index (χ1n) is 22.4. The highest BCUT2D eigenvalue weighted by Gasteiger charge is 2.42. The molecule has 0 saturated carbocycles. The van der Waals surface area contributed by atoms with Gasteiger partial charge in [-0.05, 0) is 24.8 Å².